The highest BCUT2D eigenvalue weighted by molar-refractivity contribution is 5.83. The fourth-order valence-electron chi connectivity index (χ4n) is 3.75. The Hall–Kier alpha value is -3.34. The molecule has 4 heterocycles. The molecule has 0 aromatic carbocycles. The Balaban J connectivity index is 1.78. The number of aromatic nitrogens is 4. The van der Waals surface area contributed by atoms with Gasteiger partial charge in [-0.1, -0.05) is 0 Å². The molecule has 1 aliphatic rings. The van der Waals surface area contributed by atoms with E-state index in [1.165, 1.54) is 0 Å². The number of fused-ring (bicyclic) bond motifs is 1. The number of amides is 1. The maximum atomic E-state index is 10.8. The monoisotopic (exact) mass is 363 g/mol. The summed E-state index contributed by atoms with van der Waals surface area (Å²) < 4.78 is 3.55. The van der Waals surface area contributed by atoms with Crippen molar-refractivity contribution in [2.24, 2.45) is 7.05 Å². The molecular weight excluding hydrogens is 342 g/mol. The van der Waals surface area contributed by atoms with Crippen LogP contribution in [0.15, 0.2) is 30.9 Å². The number of rotatable bonds is 4. The highest BCUT2D eigenvalue weighted by Gasteiger charge is 2.21. The number of pyridine rings is 1. The quantitative estimate of drug-likeness (QED) is 0.713. The Morgan fingerprint density at radius 3 is 2.85 bits per heavy atom. The molecule has 8 heteroatoms. The zero-order valence-electron chi connectivity index (χ0n) is 15.2. The van der Waals surface area contributed by atoms with Gasteiger partial charge in [0.1, 0.15) is 11.6 Å². The van der Waals surface area contributed by atoms with Crippen molar-refractivity contribution >= 4 is 17.6 Å². The van der Waals surface area contributed by atoms with E-state index < -0.39 is 0 Å². The molecule has 1 atom stereocenters. The van der Waals surface area contributed by atoms with Gasteiger partial charge in [-0.25, -0.2) is 4.52 Å². The summed E-state index contributed by atoms with van der Waals surface area (Å²) in [7, 11) is 1.89. The van der Waals surface area contributed by atoms with E-state index in [-0.39, 0.29) is 6.04 Å². The molecule has 0 aliphatic carbocycles. The van der Waals surface area contributed by atoms with E-state index in [2.05, 4.69) is 32.5 Å². The van der Waals surface area contributed by atoms with Crippen LogP contribution < -0.4 is 10.2 Å². The zero-order valence-corrected chi connectivity index (χ0v) is 15.2. The Labute approximate surface area is 157 Å². The molecule has 0 bridgehead atoms. The Morgan fingerprint density at radius 1 is 1.22 bits per heavy atom. The van der Waals surface area contributed by atoms with E-state index >= 15 is 0 Å². The lowest BCUT2D eigenvalue weighted by molar-refractivity contribution is -0.110. The number of aryl methyl sites for hydroxylation is 1. The van der Waals surface area contributed by atoms with E-state index in [0.717, 1.165) is 61.1 Å². The number of carbonyl (C=O) groups is 1. The lowest BCUT2D eigenvalue weighted by atomic mass is 10.1. The molecule has 4 rings (SSSR count). The van der Waals surface area contributed by atoms with Crippen molar-refractivity contribution in [3.05, 3.63) is 36.4 Å². The highest BCUT2D eigenvalue weighted by Crippen LogP contribution is 2.32. The first-order valence-corrected chi connectivity index (χ1v) is 9.04. The molecule has 1 unspecified atom stereocenters. The molecule has 1 aliphatic heterocycles. The van der Waals surface area contributed by atoms with Crippen LogP contribution in [0.5, 0.6) is 0 Å². The van der Waals surface area contributed by atoms with Crippen molar-refractivity contribution in [1.29, 1.82) is 5.26 Å². The summed E-state index contributed by atoms with van der Waals surface area (Å²) >= 11 is 0. The van der Waals surface area contributed by atoms with Crippen LogP contribution in [0.4, 0.5) is 5.69 Å². The molecule has 0 radical (unpaired) electrons. The van der Waals surface area contributed by atoms with Crippen LogP contribution in [0.1, 0.15) is 24.8 Å². The van der Waals surface area contributed by atoms with Crippen molar-refractivity contribution < 1.29 is 4.79 Å². The fraction of sp³-hybridized carbons (Fsp3) is 0.368. The average Bonchev–Trinajstić information content (AvgIpc) is 3.22. The molecular formula is C19H21N7O. The second-order valence-electron chi connectivity index (χ2n) is 6.88. The summed E-state index contributed by atoms with van der Waals surface area (Å²) in [4.78, 5) is 13.1. The SMILES string of the molecule is Cn1cc(-c2cc(N3CCCC(NC=O)CC3)c3c(C#N)cnn3c2)cn1. The molecule has 0 spiro atoms. The minimum absolute atomic E-state index is 0.199. The predicted octanol–water partition coefficient (Wildman–Crippen LogP) is 1.71. The molecule has 27 heavy (non-hydrogen) atoms. The number of anilines is 1. The molecule has 3 aromatic heterocycles. The number of hydrogen-bond donors (Lipinski definition) is 1. The third kappa shape index (κ3) is 3.24. The van der Waals surface area contributed by atoms with Gasteiger partial charge in [0, 0.05) is 49.7 Å². The minimum Gasteiger partial charge on any atom is -0.370 e. The molecule has 1 fully saturated rings. The number of nitriles is 1. The van der Waals surface area contributed by atoms with E-state index in [1.54, 1.807) is 15.4 Å². The molecule has 0 saturated carbocycles. The van der Waals surface area contributed by atoms with Gasteiger partial charge in [0.2, 0.25) is 6.41 Å². The highest BCUT2D eigenvalue weighted by atomic mass is 16.1. The van der Waals surface area contributed by atoms with Crippen molar-refractivity contribution in [1.82, 2.24) is 24.7 Å². The van der Waals surface area contributed by atoms with Crippen LogP contribution in [0.3, 0.4) is 0 Å². The number of hydrogen-bond acceptors (Lipinski definition) is 5. The molecule has 3 aromatic rings. The van der Waals surface area contributed by atoms with Crippen LogP contribution in [-0.2, 0) is 11.8 Å². The first-order valence-electron chi connectivity index (χ1n) is 9.04. The molecule has 138 valence electrons. The lowest BCUT2D eigenvalue weighted by Gasteiger charge is -2.24. The van der Waals surface area contributed by atoms with Gasteiger partial charge in [-0.15, -0.1) is 0 Å². The predicted molar refractivity (Wildman–Crippen MR) is 101 cm³/mol. The standard InChI is InChI=1S/C19H21N7O/c1-24-11-16(10-22-24)14-7-18(19-15(8-20)9-23-26(19)12-14)25-5-2-3-17(4-6-25)21-13-27/h7,9-13,17H,2-6H2,1H3,(H,21,27). The Morgan fingerprint density at radius 2 is 2.11 bits per heavy atom. The molecule has 1 N–H and O–H groups in total. The maximum absolute atomic E-state index is 10.8. The minimum atomic E-state index is 0.199. The van der Waals surface area contributed by atoms with E-state index in [1.807, 2.05) is 25.6 Å². The average molecular weight is 363 g/mol. The smallest absolute Gasteiger partial charge is 0.207 e. The Bertz CT molecular complexity index is 1010. The second-order valence-corrected chi connectivity index (χ2v) is 6.88. The van der Waals surface area contributed by atoms with Gasteiger partial charge >= 0.3 is 0 Å². The number of nitrogens with one attached hydrogen (secondary N) is 1. The van der Waals surface area contributed by atoms with Gasteiger partial charge < -0.3 is 10.2 Å². The van der Waals surface area contributed by atoms with Gasteiger partial charge in [0.25, 0.3) is 0 Å². The van der Waals surface area contributed by atoms with E-state index in [9.17, 15) is 10.1 Å². The topological polar surface area (TPSA) is 91.2 Å². The van der Waals surface area contributed by atoms with Crippen molar-refractivity contribution in [3.8, 4) is 17.2 Å². The summed E-state index contributed by atoms with van der Waals surface area (Å²) in [5, 5.41) is 21.1. The van der Waals surface area contributed by atoms with Crippen LogP contribution >= 0.6 is 0 Å². The molecule has 1 amide bonds. The normalized spacial score (nSPS) is 17.5. The van der Waals surface area contributed by atoms with Gasteiger partial charge in [-0.05, 0) is 25.3 Å². The van der Waals surface area contributed by atoms with Crippen molar-refractivity contribution in [3.63, 3.8) is 0 Å². The van der Waals surface area contributed by atoms with Gasteiger partial charge in [0.05, 0.1) is 23.6 Å². The van der Waals surface area contributed by atoms with Crippen LogP contribution in [0.2, 0.25) is 0 Å². The first kappa shape index (κ1) is 17.1. The third-order valence-corrected chi connectivity index (χ3v) is 5.12. The van der Waals surface area contributed by atoms with Gasteiger partial charge in [0.15, 0.2) is 0 Å². The number of carbonyl (C=O) groups excluding carboxylic acids is 1. The summed E-state index contributed by atoms with van der Waals surface area (Å²) in [6.45, 7) is 1.69. The van der Waals surface area contributed by atoms with Crippen LogP contribution in [0, 0.1) is 11.3 Å². The first-order chi connectivity index (χ1) is 13.2. The lowest BCUT2D eigenvalue weighted by Crippen LogP contribution is -2.30. The fourth-order valence-corrected chi connectivity index (χ4v) is 3.75. The van der Waals surface area contributed by atoms with Gasteiger partial charge in [-0.3, -0.25) is 9.48 Å². The Kier molecular flexibility index (Phi) is 4.50. The van der Waals surface area contributed by atoms with Crippen LogP contribution in [0.25, 0.3) is 16.6 Å². The van der Waals surface area contributed by atoms with Crippen LogP contribution in [-0.4, -0.2) is 44.9 Å². The summed E-state index contributed by atoms with van der Waals surface area (Å²) in [6, 6.07) is 4.57. The second kappa shape index (κ2) is 7.11. The molecule has 8 nitrogen and oxygen atoms in total. The van der Waals surface area contributed by atoms with Gasteiger partial charge in [-0.2, -0.15) is 15.5 Å². The maximum Gasteiger partial charge on any atom is 0.207 e. The zero-order chi connectivity index (χ0) is 18.8. The summed E-state index contributed by atoms with van der Waals surface area (Å²) in [6.07, 6.45) is 10.9. The molecule has 1 saturated heterocycles. The summed E-state index contributed by atoms with van der Waals surface area (Å²) in [5.74, 6) is 0. The largest absolute Gasteiger partial charge is 0.370 e. The number of nitrogens with zero attached hydrogens (tertiary/aromatic N) is 6. The van der Waals surface area contributed by atoms with E-state index in [4.69, 9.17) is 0 Å². The van der Waals surface area contributed by atoms with E-state index in [0.29, 0.717) is 5.56 Å². The third-order valence-electron chi connectivity index (χ3n) is 5.12. The van der Waals surface area contributed by atoms with Crippen molar-refractivity contribution in [2.75, 3.05) is 18.0 Å². The summed E-state index contributed by atoms with van der Waals surface area (Å²) in [5.41, 5.74) is 4.40. The van der Waals surface area contributed by atoms with Crippen molar-refractivity contribution in [2.45, 2.75) is 25.3 Å².